The van der Waals surface area contributed by atoms with Gasteiger partial charge in [0.2, 0.25) is 0 Å². The van der Waals surface area contributed by atoms with Crippen LogP contribution in [0.3, 0.4) is 0 Å². The van der Waals surface area contributed by atoms with Crippen molar-refractivity contribution in [2.45, 2.75) is 106 Å². The number of benzene rings is 2. The number of aryl methyl sites for hydroxylation is 2. The molecule has 0 saturated heterocycles. The van der Waals surface area contributed by atoms with Gasteiger partial charge in [-0.05, 0) is 84.9 Å². The second-order valence-corrected chi connectivity index (χ2v) is 12.8. The zero-order valence-corrected chi connectivity index (χ0v) is 28.7. The maximum atomic E-state index is 12.8. The third kappa shape index (κ3) is 6.55. The maximum Gasteiger partial charge on any atom is 0.168 e. The van der Waals surface area contributed by atoms with Crippen molar-refractivity contribution in [3.63, 3.8) is 0 Å². The maximum absolute atomic E-state index is 12.8. The standard InChI is InChI=1S/C20H20N.C17H28O2.Ir/c1-13(2)16-5-6-19-17(12-16)7-8-21-20(19)18-10-14(3)9-15(4)11-18;1-5-16(4)10-8-12-9-11-17(6-2,7-3)15(19)13(12)14(16)18;/h5-10,12-13H,1-4H3;12,19H,5-11H2,1-4H3;/q-1;;/t;12?,16-;/m.0./s1. The van der Waals surface area contributed by atoms with Gasteiger partial charge in [0.25, 0.3) is 0 Å². The molecule has 0 aliphatic heterocycles. The second kappa shape index (κ2) is 13.3. The summed E-state index contributed by atoms with van der Waals surface area (Å²) in [4.78, 5) is 17.4. The molecule has 0 spiro atoms. The number of hydrogen-bond donors (Lipinski definition) is 1. The summed E-state index contributed by atoms with van der Waals surface area (Å²) >= 11 is 0. The minimum absolute atomic E-state index is 0. The van der Waals surface area contributed by atoms with Crippen LogP contribution in [0.4, 0.5) is 0 Å². The number of aliphatic hydroxyl groups is 1. The van der Waals surface area contributed by atoms with Crippen molar-refractivity contribution < 1.29 is 30.0 Å². The van der Waals surface area contributed by atoms with E-state index in [1.54, 1.807) is 0 Å². The molecule has 223 valence electrons. The summed E-state index contributed by atoms with van der Waals surface area (Å²) < 4.78 is 0. The van der Waals surface area contributed by atoms with Crippen LogP contribution in [0.25, 0.3) is 22.0 Å². The molecule has 5 rings (SSSR count). The molecule has 1 aromatic heterocycles. The third-order valence-corrected chi connectivity index (χ3v) is 9.97. The fourth-order valence-corrected chi connectivity index (χ4v) is 6.77. The molecule has 2 aliphatic carbocycles. The molecular weight excluding hydrogens is 683 g/mol. The third-order valence-electron chi connectivity index (χ3n) is 9.97. The molecule has 0 bridgehead atoms. The molecule has 1 unspecified atom stereocenters. The number of allylic oxidation sites excluding steroid dienone is 2. The quantitative estimate of drug-likeness (QED) is 0.266. The SMILES string of the molecule is CCC1(CC)CCC2CC[C@](C)(CC)C(=O)C2=C1O.Cc1[c-]c(-c2nccc3cc(C(C)C)ccc23)cc(C)c1.[Ir]. The van der Waals surface area contributed by atoms with Crippen LogP contribution in [0, 0.1) is 36.7 Å². The van der Waals surface area contributed by atoms with Crippen molar-refractivity contribution in [3.8, 4) is 11.3 Å². The Labute approximate surface area is 261 Å². The van der Waals surface area contributed by atoms with Gasteiger partial charge in [-0.15, -0.1) is 34.9 Å². The number of pyridine rings is 1. The molecule has 2 aromatic carbocycles. The smallest absolute Gasteiger partial charge is 0.168 e. The van der Waals surface area contributed by atoms with Crippen molar-refractivity contribution in [3.05, 3.63) is 76.7 Å². The van der Waals surface area contributed by atoms with E-state index in [9.17, 15) is 9.90 Å². The monoisotopic (exact) mass is 731 g/mol. The van der Waals surface area contributed by atoms with E-state index in [1.807, 2.05) is 6.20 Å². The zero-order valence-electron chi connectivity index (χ0n) is 26.3. The number of rotatable bonds is 5. The molecule has 1 saturated carbocycles. The van der Waals surface area contributed by atoms with Gasteiger partial charge in [0.1, 0.15) is 5.76 Å². The summed E-state index contributed by atoms with van der Waals surface area (Å²) in [6.45, 7) is 17.1. The molecule has 1 radical (unpaired) electrons. The van der Waals surface area contributed by atoms with E-state index in [2.05, 4.69) is 103 Å². The largest absolute Gasteiger partial charge is 0.511 e. The Morgan fingerprint density at radius 1 is 1.00 bits per heavy atom. The van der Waals surface area contributed by atoms with Gasteiger partial charge in [0.15, 0.2) is 5.78 Å². The van der Waals surface area contributed by atoms with Gasteiger partial charge in [-0.2, -0.15) is 0 Å². The van der Waals surface area contributed by atoms with E-state index in [0.717, 1.165) is 67.3 Å². The number of hydrogen-bond acceptors (Lipinski definition) is 3. The Hall–Kier alpha value is -2.29. The molecule has 3 nitrogen and oxygen atoms in total. The second-order valence-electron chi connectivity index (χ2n) is 12.8. The molecule has 1 fully saturated rings. The average molecular weight is 731 g/mol. The van der Waals surface area contributed by atoms with Gasteiger partial charge in [-0.25, -0.2) is 0 Å². The van der Waals surface area contributed by atoms with Crippen LogP contribution in [-0.2, 0) is 24.9 Å². The van der Waals surface area contributed by atoms with E-state index in [0.29, 0.717) is 17.6 Å². The predicted molar refractivity (Wildman–Crippen MR) is 168 cm³/mol. The zero-order chi connectivity index (χ0) is 29.2. The summed E-state index contributed by atoms with van der Waals surface area (Å²) in [6, 6.07) is 16.5. The first-order chi connectivity index (χ1) is 19.0. The number of aliphatic hydroxyl groups excluding tert-OH is 1. The molecule has 0 amide bonds. The Balaban J connectivity index is 0.000000221. The normalized spacial score (nSPS) is 21.7. The van der Waals surface area contributed by atoms with Crippen molar-refractivity contribution in [1.82, 2.24) is 4.98 Å². The van der Waals surface area contributed by atoms with Crippen LogP contribution in [0.2, 0.25) is 0 Å². The molecule has 1 N–H and O–H groups in total. The minimum Gasteiger partial charge on any atom is -0.511 e. The van der Waals surface area contributed by atoms with E-state index in [4.69, 9.17) is 0 Å². The topological polar surface area (TPSA) is 50.2 Å². The van der Waals surface area contributed by atoms with Gasteiger partial charge < -0.3 is 10.1 Å². The number of carbonyl (C=O) groups excluding carboxylic acids is 1. The average Bonchev–Trinajstić information content (AvgIpc) is 2.94. The van der Waals surface area contributed by atoms with Crippen LogP contribution >= 0.6 is 0 Å². The molecular formula is C37H48IrNO2-. The van der Waals surface area contributed by atoms with Crippen LogP contribution in [0.5, 0.6) is 0 Å². The minimum atomic E-state index is -0.246. The summed E-state index contributed by atoms with van der Waals surface area (Å²) in [5, 5.41) is 13.2. The number of ketones is 1. The first-order valence-electron chi connectivity index (χ1n) is 15.4. The van der Waals surface area contributed by atoms with E-state index < -0.39 is 0 Å². The first kappa shape index (κ1) is 33.2. The van der Waals surface area contributed by atoms with Crippen LogP contribution in [0.1, 0.15) is 109 Å². The summed E-state index contributed by atoms with van der Waals surface area (Å²) in [7, 11) is 0. The van der Waals surface area contributed by atoms with Gasteiger partial charge in [-0.3, -0.25) is 4.79 Å². The summed E-state index contributed by atoms with van der Waals surface area (Å²) in [5.74, 6) is 1.53. The van der Waals surface area contributed by atoms with Gasteiger partial charge in [0, 0.05) is 42.7 Å². The Morgan fingerprint density at radius 2 is 1.68 bits per heavy atom. The Morgan fingerprint density at radius 3 is 2.29 bits per heavy atom. The van der Waals surface area contributed by atoms with Crippen LogP contribution in [-0.4, -0.2) is 15.9 Å². The number of carbonyl (C=O) groups is 1. The molecule has 41 heavy (non-hydrogen) atoms. The number of nitrogens with zero attached hydrogens (tertiary/aromatic N) is 1. The first-order valence-corrected chi connectivity index (χ1v) is 15.4. The van der Waals surface area contributed by atoms with Crippen molar-refractivity contribution in [1.29, 1.82) is 0 Å². The van der Waals surface area contributed by atoms with E-state index in [-0.39, 0.29) is 36.7 Å². The molecule has 2 atom stereocenters. The van der Waals surface area contributed by atoms with Crippen molar-refractivity contribution in [2.75, 3.05) is 0 Å². The summed E-state index contributed by atoms with van der Waals surface area (Å²) in [6.07, 6.45) is 8.80. The molecule has 2 aliphatic rings. The molecule has 1 heterocycles. The Bertz CT molecular complexity index is 1400. The van der Waals surface area contributed by atoms with Gasteiger partial charge in [0.05, 0.1) is 0 Å². The number of fused-ring (bicyclic) bond motifs is 2. The van der Waals surface area contributed by atoms with Crippen molar-refractivity contribution >= 4 is 16.6 Å². The predicted octanol–water partition coefficient (Wildman–Crippen LogP) is 10.2. The van der Waals surface area contributed by atoms with E-state index >= 15 is 0 Å². The van der Waals surface area contributed by atoms with Gasteiger partial charge >= 0.3 is 0 Å². The number of aromatic nitrogens is 1. The van der Waals surface area contributed by atoms with Crippen LogP contribution < -0.4 is 0 Å². The fourth-order valence-electron chi connectivity index (χ4n) is 6.77. The van der Waals surface area contributed by atoms with Gasteiger partial charge in [-0.1, -0.05) is 73.6 Å². The van der Waals surface area contributed by atoms with Crippen molar-refractivity contribution in [2.24, 2.45) is 16.7 Å². The molecule has 4 heteroatoms. The Kier molecular flexibility index (Phi) is 10.8. The van der Waals surface area contributed by atoms with Crippen LogP contribution in [0.15, 0.2) is 53.9 Å². The fraction of sp³-hybridized carbons (Fsp3) is 0.514. The summed E-state index contributed by atoms with van der Waals surface area (Å²) in [5.41, 5.74) is 6.29. The molecule has 3 aromatic rings. The van der Waals surface area contributed by atoms with E-state index in [1.165, 1.54) is 21.9 Å². The number of Topliss-reactive ketones (excluding diaryl/α,β-unsaturated/α-hetero) is 1.